The van der Waals surface area contributed by atoms with Crippen molar-refractivity contribution in [3.63, 3.8) is 0 Å². The number of rotatable bonds is 31. The quantitative estimate of drug-likeness (QED) is 0.0287. The molecular weight excluding hydrogens is 1520 g/mol. The summed E-state index contributed by atoms with van der Waals surface area (Å²) in [6, 6.07) is -6.23. The van der Waals surface area contributed by atoms with Crippen molar-refractivity contribution in [2.75, 3.05) is 26.4 Å². The maximum atomic E-state index is 13.2. The van der Waals surface area contributed by atoms with Crippen molar-refractivity contribution in [1.29, 1.82) is 0 Å². The number of ether oxygens (including phenoxy) is 11. The molecule has 61 heteroatoms. The van der Waals surface area contributed by atoms with Crippen LogP contribution < -0.4 is 9.44 Å². The SMILES string of the molecule is O=C(O)[C@H]1O[C@@H](O[C@H]2[C@H](OS(=O)(=O)O)[C@@H](NS(=O)(=O)O)[C@@H](O[C@H]3[C@H](O)[C@@H](OS(=O)(=O)O)[C@H](O[C@H]4[C@H](O)[C@@H](NS(=O)(=O)O)[C@@H](O[C@H]5[C@H](O)[C@@H](OS(=O)(=O)O)[C@H](O[C@H]6[C@H](O)[C@@H](CO)O[C@@H]6CO)O[C@H]5C(=O)O)O[C@@H]4COS(=O)(=O)O)O[C@H]3C(=O)O)O[C@@H]2COS(=O)(=O)O)[C@H](O)[C@@H](O)[C@@H]1O. The van der Waals surface area contributed by atoms with Crippen LogP contribution in [-0.2, 0) is 160 Å². The van der Waals surface area contributed by atoms with Crippen LogP contribution in [0, 0.1) is 0 Å². The molecule has 0 bridgehead atoms. The molecule has 0 aromatic heterocycles. The molecule has 0 saturated carbocycles. The Kier molecular flexibility index (Phi) is 27.1. The number of hydrogen-bond donors (Lipinski definition) is 21. The van der Waals surface area contributed by atoms with Crippen molar-refractivity contribution < 1.29 is 239 Å². The van der Waals surface area contributed by atoms with Crippen LogP contribution in [0.4, 0.5) is 0 Å². The Morgan fingerprint density at radius 1 is 0.320 bits per heavy atom. The van der Waals surface area contributed by atoms with Gasteiger partial charge in [-0.15, -0.1) is 0 Å². The molecule has 29 atom stereocenters. The highest BCUT2D eigenvalue weighted by molar-refractivity contribution is 7.84. The number of carbonyl (C=O) groups is 3. The van der Waals surface area contributed by atoms with Crippen LogP contribution in [0.3, 0.4) is 0 Å². The number of carboxylic acids is 3. The van der Waals surface area contributed by atoms with Crippen molar-refractivity contribution in [2.45, 2.75) is 178 Å². The molecule has 0 aliphatic carbocycles. The third kappa shape index (κ3) is 22.1. The molecule has 6 aliphatic rings. The van der Waals surface area contributed by atoms with Crippen LogP contribution in [0.2, 0.25) is 0 Å². The summed E-state index contributed by atoms with van der Waals surface area (Å²) in [7, 11) is -42.3. The summed E-state index contributed by atoms with van der Waals surface area (Å²) in [6.07, 6.45) is -76.5. The first kappa shape index (κ1) is 82.7. The summed E-state index contributed by atoms with van der Waals surface area (Å²) >= 11 is 0. The molecule has 0 unspecified atom stereocenters. The summed E-state index contributed by atoms with van der Waals surface area (Å²) < 4.78 is 323. The van der Waals surface area contributed by atoms with Gasteiger partial charge in [0.2, 0.25) is 0 Å². The number of hydrogen-bond acceptors (Lipinski definition) is 42. The van der Waals surface area contributed by atoms with Gasteiger partial charge in [-0.1, -0.05) is 0 Å². The van der Waals surface area contributed by atoms with Crippen LogP contribution in [-0.4, -0.2) is 374 Å². The van der Waals surface area contributed by atoms with Gasteiger partial charge in [0.15, 0.2) is 62.0 Å². The average molecular weight is 1580 g/mol. The molecule has 0 aromatic carbocycles. The lowest BCUT2D eigenvalue weighted by Gasteiger charge is -2.50. The number of aliphatic hydroxyl groups excluding tert-OH is 9. The Bertz CT molecular complexity index is 3580. The van der Waals surface area contributed by atoms with E-state index in [1.807, 2.05) is 0 Å². The molecule has 6 heterocycles. The van der Waals surface area contributed by atoms with E-state index in [9.17, 15) is 166 Å². The van der Waals surface area contributed by atoms with Crippen LogP contribution >= 0.6 is 0 Å². The highest BCUT2D eigenvalue weighted by Gasteiger charge is 2.62. The summed E-state index contributed by atoms with van der Waals surface area (Å²) in [5.41, 5.74) is 0. The van der Waals surface area contributed by atoms with E-state index < -0.39 is 295 Å². The van der Waals surface area contributed by atoms with Crippen LogP contribution in [0.1, 0.15) is 0 Å². The fraction of sp³-hybridized carbons (Fsp3) is 0.917. The predicted molar refractivity (Wildman–Crippen MR) is 277 cm³/mol. The smallest absolute Gasteiger partial charge is 0.397 e. The molecule has 0 amide bonds. The van der Waals surface area contributed by atoms with E-state index in [0.29, 0.717) is 0 Å². The van der Waals surface area contributed by atoms with Gasteiger partial charge in [-0.3, -0.25) is 31.9 Å². The largest absolute Gasteiger partial charge is 0.479 e. The molecule has 0 radical (unpaired) electrons. The third-order valence-corrected chi connectivity index (χ3v) is 17.3. The van der Waals surface area contributed by atoms with Crippen LogP contribution in [0.5, 0.6) is 0 Å². The van der Waals surface area contributed by atoms with Gasteiger partial charge < -0.3 is 113 Å². The maximum Gasteiger partial charge on any atom is 0.397 e. The second-order valence-electron chi connectivity index (χ2n) is 20.5. The van der Waals surface area contributed by atoms with Crippen molar-refractivity contribution in [1.82, 2.24) is 9.44 Å². The Hall–Kier alpha value is -3.30. The summed E-state index contributed by atoms with van der Waals surface area (Å²) in [6.45, 7) is -5.97. The van der Waals surface area contributed by atoms with Gasteiger partial charge in [0.1, 0.15) is 116 Å². The van der Waals surface area contributed by atoms with E-state index in [1.165, 1.54) is 4.72 Å². The molecule has 566 valence electrons. The fourth-order valence-corrected chi connectivity index (χ4v) is 13.4. The summed E-state index contributed by atoms with van der Waals surface area (Å²) in [5.74, 6) is -7.10. The lowest BCUT2D eigenvalue weighted by molar-refractivity contribution is -0.373. The zero-order valence-corrected chi connectivity index (χ0v) is 52.6. The van der Waals surface area contributed by atoms with Gasteiger partial charge >= 0.3 is 90.5 Å². The molecule has 54 nitrogen and oxygen atoms in total. The molecule has 21 N–H and O–H groups in total. The van der Waals surface area contributed by atoms with E-state index in [0.717, 1.165) is 4.72 Å². The highest BCUT2D eigenvalue weighted by atomic mass is 32.3. The van der Waals surface area contributed by atoms with Crippen LogP contribution in [0.25, 0.3) is 0 Å². The first-order valence-corrected chi connectivity index (χ1v) is 35.5. The molecular formula is C36H58N2O52S7. The Labute approximate surface area is 541 Å². The minimum Gasteiger partial charge on any atom is -0.479 e. The number of aliphatic carboxylic acids is 3. The minimum absolute atomic E-state index is 1.01. The second kappa shape index (κ2) is 31.7. The van der Waals surface area contributed by atoms with Gasteiger partial charge in [0.05, 0.1) is 26.4 Å². The van der Waals surface area contributed by atoms with Gasteiger partial charge in [-0.25, -0.2) is 35.3 Å². The summed E-state index contributed by atoms with van der Waals surface area (Å²) in [4.78, 5) is 37.9. The van der Waals surface area contributed by atoms with Crippen molar-refractivity contribution >= 4 is 90.5 Å². The number of nitrogens with one attached hydrogen (secondary N) is 2. The molecule has 0 spiro atoms. The predicted octanol–water partition coefficient (Wildman–Crippen LogP) is -15.2. The van der Waals surface area contributed by atoms with E-state index in [2.05, 4.69) is 20.9 Å². The third-order valence-electron chi connectivity index (χ3n) is 13.9. The normalized spacial score (nSPS) is 40.7. The van der Waals surface area contributed by atoms with E-state index >= 15 is 0 Å². The standard InChI is InChI=1S/C36H58N2O52S7/c39-1-5-11(41)18(6(2-40)77-5)80-35-25(89-96(69,70)71)16(46)22(27(86-35)30(50)51)83-32-9(37-91(54,55)56)12(42)19(7(78-32)3-75-93(60,61)62)81-36-26(90-97(72,73)74)17(47)23(28(87-36)31(52)53)84-33-10(38-92(57,58)59)21(88-95(66,67)68)20(8(79-33)4-76-94(63,64)65)82-34-15(45)13(43)14(44)24(85-34)29(48)49/h5-28,32-47H,1-4H2,(H,48,49)(H,50,51)(H,52,53)(H,54,55,56)(H,57,58,59)(H,60,61,62)(H,63,64,65)(H,66,67,68)(H,69,70,71)(H,72,73,74)/t5-,6-,7-,8-,9-,10-,11-,12-,13+,14+,15-,16+,17+,18-,19-,20-,21-,22+,23+,24+,25-,26-,27-,28-,32-,33-,34-,35-,36-/m1/s1. The zero-order valence-electron chi connectivity index (χ0n) is 46.9. The first-order valence-electron chi connectivity index (χ1n) is 25.8. The second-order valence-corrected chi connectivity index (χ2v) is 28.2. The molecule has 0 aromatic rings. The lowest BCUT2D eigenvalue weighted by Crippen LogP contribution is -2.71. The minimum atomic E-state index is -6.31. The van der Waals surface area contributed by atoms with Gasteiger partial charge in [0.25, 0.3) is 0 Å². The molecule has 6 aliphatic heterocycles. The van der Waals surface area contributed by atoms with E-state index in [-0.39, 0.29) is 0 Å². The highest BCUT2D eigenvalue weighted by Crippen LogP contribution is 2.40. The van der Waals surface area contributed by atoms with E-state index in [4.69, 9.17) is 52.1 Å². The van der Waals surface area contributed by atoms with Crippen molar-refractivity contribution in [3.8, 4) is 0 Å². The Balaban J connectivity index is 1.42. The number of carboxylic acid groups (broad SMARTS) is 3. The average Bonchev–Trinajstić information content (AvgIpc) is 1.02. The zero-order chi connectivity index (χ0) is 73.5. The Morgan fingerprint density at radius 2 is 0.670 bits per heavy atom. The topological polar surface area (TPSA) is 846 Å². The van der Waals surface area contributed by atoms with Gasteiger partial charge in [-0.2, -0.15) is 68.4 Å². The molecule has 97 heavy (non-hydrogen) atoms. The maximum absolute atomic E-state index is 13.2. The van der Waals surface area contributed by atoms with Gasteiger partial charge in [-0.05, 0) is 0 Å². The summed E-state index contributed by atoms with van der Waals surface area (Å²) in [5, 5.41) is 127. The monoisotopic (exact) mass is 1570 g/mol. The van der Waals surface area contributed by atoms with Gasteiger partial charge in [0, 0.05) is 0 Å². The Morgan fingerprint density at radius 3 is 1.05 bits per heavy atom. The first-order chi connectivity index (χ1) is 44.2. The molecule has 6 rings (SSSR count). The van der Waals surface area contributed by atoms with Crippen molar-refractivity contribution in [3.05, 3.63) is 0 Å². The van der Waals surface area contributed by atoms with E-state index in [1.54, 1.807) is 0 Å². The van der Waals surface area contributed by atoms with Crippen molar-refractivity contribution in [2.24, 2.45) is 0 Å². The number of aliphatic hydroxyl groups is 9. The fourth-order valence-electron chi connectivity index (χ4n) is 10.1. The molecule has 6 fully saturated rings. The lowest BCUT2D eigenvalue weighted by atomic mass is 9.94. The van der Waals surface area contributed by atoms with Crippen LogP contribution in [0.15, 0.2) is 0 Å². The molecule has 6 saturated heterocycles.